The van der Waals surface area contributed by atoms with Gasteiger partial charge in [-0.15, -0.1) is 0 Å². The van der Waals surface area contributed by atoms with E-state index in [0.717, 1.165) is 18.4 Å². The molecule has 0 aromatic carbocycles. The molecule has 4 unspecified atom stereocenters. The van der Waals surface area contributed by atoms with Crippen LogP contribution >= 0.6 is 0 Å². The topological polar surface area (TPSA) is 33.3 Å². The van der Waals surface area contributed by atoms with E-state index in [2.05, 4.69) is 17.2 Å². The standard InChI is InChI=1S/C12H26N2OSi/c1-3-14-16(15-2)12-11-7-5-4-6-10(11)8-9-13-12/h10-14,16H,3-9H2,1-2H3. The van der Waals surface area contributed by atoms with Crippen LogP contribution in [0, 0.1) is 11.8 Å². The predicted molar refractivity (Wildman–Crippen MR) is 69.7 cm³/mol. The molecule has 4 heteroatoms. The van der Waals surface area contributed by atoms with Crippen LogP contribution < -0.4 is 10.3 Å². The lowest BCUT2D eigenvalue weighted by atomic mass is 9.75. The predicted octanol–water partition coefficient (Wildman–Crippen LogP) is 1.17. The molecule has 2 aliphatic rings. The lowest BCUT2D eigenvalue weighted by Gasteiger charge is -2.44. The van der Waals surface area contributed by atoms with Crippen LogP contribution in [0.3, 0.4) is 0 Å². The van der Waals surface area contributed by atoms with Gasteiger partial charge in [-0.25, -0.2) is 0 Å². The van der Waals surface area contributed by atoms with Crippen molar-refractivity contribution >= 4 is 9.20 Å². The van der Waals surface area contributed by atoms with Crippen LogP contribution in [0.25, 0.3) is 0 Å². The minimum absolute atomic E-state index is 0.656. The smallest absolute Gasteiger partial charge is 0.269 e. The van der Waals surface area contributed by atoms with Crippen LogP contribution in [-0.2, 0) is 4.43 Å². The molecule has 0 amide bonds. The van der Waals surface area contributed by atoms with Crippen molar-refractivity contribution in [2.75, 3.05) is 20.2 Å². The molecule has 94 valence electrons. The van der Waals surface area contributed by atoms with Crippen LogP contribution in [0.5, 0.6) is 0 Å². The fourth-order valence-corrected chi connectivity index (χ4v) is 6.00. The van der Waals surface area contributed by atoms with Crippen molar-refractivity contribution in [3.8, 4) is 0 Å². The van der Waals surface area contributed by atoms with Crippen molar-refractivity contribution in [1.82, 2.24) is 10.3 Å². The summed E-state index contributed by atoms with van der Waals surface area (Å²) in [7, 11) is 0.633. The quantitative estimate of drug-likeness (QED) is 0.726. The normalized spacial score (nSPS) is 36.8. The van der Waals surface area contributed by atoms with Gasteiger partial charge >= 0.3 is 0 Å². The maximum Gasteiger partial charge on any atom is 0.269 e. The maximum absolute atomic E-state index is 5.74. The molecule has 0 aromatic rings. The van der Waals surface area contributed by atoms with Gasteiger partial charge in [0.1, 0.15) is 0 Å². The molecule has 0 radical (unpaired) electrons. The summed E-state index contributed by atoms with van der Waals surface area (Å²) in [5.74, 6) is 1.86. The lowest BCUT2D eigenvalue weighted by molar-refractivity contribution is 0.154. The molecule has 1 aliphatic heterocycles. The van der Waals surface area contributed by atoms with Gasteiger partial charge in [-0.3, -0.25) is 0 Å². The van der Waals surface area contributed by atoms with Crippen LogP contribution in [0.2, 0.25) is 0 Å². The van der Waals surface area contributed by atoms with Crippen molar-refractivity contribution in [3.63, 3.8) is 0 Å². The van der Waals surface area contributed by atoms with E-state index in [-0.39, 0.29) is 0 Å². The van der Waals surface area contributed by atoms with Gasteiger partial charge < -0.3 is 14.7 Å². The Hall–Kier alpha value is 0.0969. The zero-order valence-corrected chi connectivity index (χ0v) is 11.8. The van der Waals surface area contributed by atoms with Crippen molar-refractivity contribution in [2.45, 2.75) is 44.7 Å². The third-order valence-electron chi connectivity index (χ3n) is 4.31. The van der Waals surface area contributed by atoms with E-state index < -0.39 is 9.20 Å². The minimum Gasteiger partial charge on any atom is -0.408 e. The molecule has 1 heterocycles. The van der Waals surface area contributed by atoms with E-state index in [1.54, 1.807) is 0 Å². The second kappa shape index (κ2) is 6.14. The summed E-state index contributed by atoms with van der Waals surface area (Å²) in [5, 5.41) is 3.73. The second-order valence-electron chi connectivity index (χ2n) is 5.19. The molecule has 3 nitrogen and oxygen atoms in total. The number of fused-ring (bicyclic) bond motifs is 1. The molecule has 0 spiro atoms. The van der Waals surface area contributed by atoms with Crippen molar-refractivity contribution in [3.05, 3.63) is 0 Å². The fourth-order valence-electron chi connectivity index (χ4n) is 3.54. The van der Waals surface area contributed by atoms with Gasteiger partial charge in [0.05, 0.1) is 0 Å². The summed E-state index contributed by atoms with van der Waals surface area (Å²) in [6, 6.07) is 0. The number of nitrogens with one attached hydrogen (secondary N) is 2. The molecule has 1 saturated heterocycles. The Labute approximate surface area is 101 Å². The summed E-state index contributed by atoms with van der Waals surface area (Å²) >= 11 is 0. The zero-order chi connectivity index (χ0) is 11.4. The zero-order valence-electron chi connectivity index (χ0n) is 10.7. The Kier molecular flexibility index (Phi) is 4.82. The summed E-state index contributed by atoms with van der Waals surface area (Å²) in [4.78, 5) is 3.59. The molecule has 16 heavy (non-hydrogen) atoms. The van der Waals surface area contributed by atoms with Crippen molar-refractivity contribution < 1.29 is 4.43 Å². The van der Waals surface area contributed by atoms with E-state index >= 15 is 0 Å². The Morgan fingerprint density at radius 3 is 2.88 bits per heavy atom. The number of rotatable bonds is 4. The first kappa shape index (κ1) is 12.6. The molecule has 1 aliphatic carbocycles. The van der Waals surface area contributed by atoms with Crippen molar-refractivity contribution in [1.29, 1.82) is 0 Å². The van der Waals surface area contributed by atoms with E-state index in [1.807, 2.05) is 7.11 Å². The first-order chi connectivity index (χ1) is 7.86. The highest BCUT2D eigenvalue weighted by Gasteiger charge is 2.39. The van der Waals surface area contributed by atoms with Crippen LogP contribution in [-0.4, -0.2) is 35.1 Å². The SMILES string of the molecule is CCN[SiH](OC)C1NCCC2CCCCC21. The van der Waals surface area contributed by atoms with Gasteiger partial charge in [-0.1, -0.05) is 26.2 Å². The summed E-state index contributed by atoms with van der Waals surface area (Å²) in [6.07, 6.45) is 7.14. The molecule has 2 N–H and O–H groups in total. The third kappa shape index (κ3) is 2.67. The Morgan fingerprint density at radius 2 is 2.12 bits per heavy atom. The average molecular weight is 242 g/mol. The molecule has 0 bridgehead atoms. The highest BCUT2D eigenvalue weighted by atomic mass is 28.3. The van der Waals surface area contributed by atoms with E-state index in [4.69, 9.17) is 4.43 Å². The molecule has 0 aromatic heterocycles. The molecule has 4 atom stereocenters. The molecule has 2 fully saturated rings. The maximum atomic E-state index is 5.74. The van der Waals surface area contributed by atoms with Crippen LogP contribution in [0.1, 0.15) is 39.0 Å². The molecule has 1 saturated carbocycles. The number of hydrogen-bond acceptors (Lipinski definition) is 3. The number of hydrogen-bond donors (Lipinski definition) is 2. The third-order valence-corrected chi connectivity index (χ3v) is 7.01. The molecular weight excluding hydrogens is 216 g/mol. The van der Waals surface area contributed by atoms with Gasteiger partial charge in [-0.2, -0.15) is 0 Å². The highest BCUT2D eigenvalue weighted by Crippen LogP contribution is 2.37. The number of piperidine rings is 1. The summed E-state index contributed by atoms with van der Waals surface area (Å²) in [5.41, 5.74) is 0.656. The summed E-state index contributed by atoms with van der Waals surface area (Å²) in [6.45, 7) is 4.42. The van der Waals surface area contributed by atoms with Gasteiger partial charge in [0.25, 0.3) is 9.20 Å². The highest BCUT2D eigenvalue weighted by molar-refractivity contribution is 6.51. The largest absolute Gasteiger partial charge is 0.408 e. The van der Waals surface area contributed by atoms with Gasteiger partial charge in [-0.05, 0) is 37.8 Å². The van der Waals surface area contributed by atoms with E-state index in [9.17, 15) is 0 Å². The monoisotopic (exact) mass is 242 g/mol. The van der Waals surface area contributed by atoms with E-state index in [0.29, 0.717) is 5.67 Å². The Morgan fingerprint density at radius 1 is 1.31 bits per heavy atom. The molecular formula is C12H26N2OSi. The van der Waals surface area contributed by atoms with Gasteiger partial charge in [0.2, 0.25) is 0 Å². The minimum atomic E-state index is -1.25. The lowest BCUT2D eigenvalue weighted by Crippen LogP contribution is -2.61. The first-order valence-corrected chi connectivity index (χ1v) is 8.58. The summed E-state index contributed by atoms with van der Waals surface area (Å²) < 4.78 is 5.74. The molecule has 2 rings (SSSR count). The average Bonchev–Trinajstić information content (AvgIpc) is 2.35. The Bertz CT molecular complexity index is 213. The Balaban J connectivity index is 2.00. The van der Waals surface area contributed by atoms with Crippen LogP contribution in [0.15, 0.2) is 0 Å². The van der Waals surface area contributed by atoms with Gasteiger partial charge in [0.15, 0.2) is 0 Å². The van der Waals surface area contributed by atoms with E-state index in [1.165, 1.54) is 38.6 Å². The first-order valence-electron chi connectivity index (χ1n) is 6.86. The van der Waals surface area contributed by atoms with Gasteiger partial charge in [0, 0.05) is 12.8 Å². The van der Waals surface area contributed by atoms with Crippen molar-refractivity contribution in [2.24, 2.45) is 11.8 Å². The second-order valence-corrected chi connectivity index (χ2v) is 7.63. The van der Waals surface area contributed by atoms with Crippen LogP contribution in [0.4, 0.5) is 0 Å². The fraction of sp³-hybridized carbons (Fsp3) is 1.00.